The van der Waals surface area contributed by atoms with Crippen molar-refractivity contribution in [2.24, 2.45) is 0 Å². The highest BCUT2D eigenvalue weighted by molar-refractivity contribution is 9.10. The summed E-state index contributed by atoms with van der Waals surface area (Å²) in [6.07, 6.45) is 0. The third kappa shape index (κ3) is 3.65. The summed E-state index contributed by atoms with van der Waals surface area (Å²) in [5.74, 6) is -0.0495. The lowest BCUT2D eigenvalue weighted by molar-refractivity contribution is 0.0961. The Morgan fingerprint density at radius 2 is 1.86 bits per heavy atom. The number of hydrogen-bond acceptors (Lipinski definition) is 3. The van der Waals surface area contributed by atoms with E-state index in [0.29, 0.717) is 22.6 Å². The number of ether oxygens (including phenoxy) is 1. The molecular weight excluding hydrogens is 348 g/mol. The molecule has 0 saturated carbocycles. The van der Waals surface area contributed by atoms with Gasteiger partial charge in [0.2, 0.25) is 0 Å². The molecule has 0 bridgehead atoms. The molecule has 6 heteroatoms. The van der Waals surface area contributed by atoms with Crippen molar-refractivity contribution >= 4 is 33.4 Å². The highest BCUT2D eigenvalue weighted by Gasteiger charge is 2.13. The van der Waals surface area contributed by atoms with Crippen LogP contribution >= 0.6 is 15.9 Å². The van der Waals surface area contributed by atoms with Crippen molar-refractivity contribution < 1.29 is 14.3 Å². The van der Waals surface area contributed by atoms with E-state index < -0.39 is 0 Å². The van der Waals surface area contributed by atoms with Gasteiger partial charge in [0.15, 0.2) is 0 Å². The second-order valence-electron chi connectivity index (χ2n) is 4.46. The molecule has 2 amide bonds. The normalized spacial score (nSPS) is 9.95. The standard InChI is InChI=1S/C16H15BrN2O3/c1-18-15(20)10-4-3-5-12(8-10)19-16(21)13-9-11(17)6-7-14(13)22-2/h3-9H,1-2H3,(H,18,20)(H,19,21). The van der Waals surface area contributed by atoms with Crippen LogP contribution in [0.3, 0.4) is 0 Å². The summed E-state index contributed by atoms with van der Waals surface area (Å²) in [7, 11) is 3.06. The van der Waals surface area contributed by atoms with Gasteiger partial charge in [-0.05, 0) is 36.4 Å². The van der Waals surface area contributed by atoms with Crippen LogP contribution in [0.5, 0.6) is 5.75 Å². The highest BCUT2D eigenvalue weighted by Crippen LogP contribution is 2.24. The summed E-state index contributed by atoms with van der Waals surface area (Å²) in [5, 5.41) is 5.30. The SMILES string of the molecule is CNC(=O)c1cccc(NC(=O)c2cc(Br)ccc2OC)c1. The number of amides is 2. The van der Waals surface area contributed by atoms with Crippen LogP contribution in [-0.2, 0) is 0 Å². The lowest BCUT2D eigenvalue weighted by Gasteiger charge is -2.10. The van der Waals surface area contributed by atoms with Gasteiger partial charge >= 0.3 is 0 Å². The van der Waals surface area contributed by atoms with Gasteiger partial charge in [0, 0.05) is 22.8 Å². The lowest BCUT2D eigenvalue weighted by Crippen LogP contribution is -2.18. The zero-order chi connectivity index (χ0) is 16.1. The number of carbonyl (C=O) groups excluding carboxylic acids is 2. The third-order valence-electron chi connectivity index (χ3n) is 3.02. The van der Waals surface area contributed by atoms with Gasteiger partial charge in [-0.3, -0.25) is 9.59 Å². The van der Waals surface area contributed by atoms with Crippen LogP contribution < -0.4 is 15.4 Å². The first-order valence-electron chi connectivity index (χ1n) is 6.52. The van der Waals surface area contributed by atoms with Gasteiger partial charge in [0.25, 0.3) is 11.8 Å². The fraction of sp³-hybridized carbons (Fsp3) is 0.125. The number of methoxy groups -OCH3 is 1. The molecule has 0 radical (unpaired) electrons. The summed E-state index contributed by atoms with van der Waals surface area (Å²) in [5.41, 5.74) is 1.41. The smallest absolute Gasteiger partial charge is 0.259 e. The molecule has 0 atom stereocenters. The van der Waals surface area contributed by atoms with Gasteiger partial charge in [0.05, 0.1) is 12.7 Å². The average molecular weight is 363 g/mol. The quantitative estimate of drug-likeness (QED) is 0.878. The molecule has 0 heterocycles. The van der Waals surface area contributed by atoms with E-state index in [9.17, 15) is 9.59 Å². The Morgan fingerprint density at radius 1 is 1.09 bits per heavy atom. The van der Waals surface area contributed by atoms with E-state index in [1.165, 1.54) is 7.11 Å². The molecule has 2 aromatic carbocycles. The Bertz CT molecular complexity index is 716. The van der Waals surface area contributed by atoms with Crippen molar-refractivity contribution in [3.8, 4) is 5.75 Å². The number of rotatable bonds is 4. The topological polar surface area (TPSA) is 67.4 Å². The molecule has 0 aliphatic heterocycles. The molecule has 114 valence electrons. The molecule has 2 N–H and O–H groups in total. The van der Waals surface area contributed by atoms with Crippen LogP contribution in [0.25, 0.3) is 0 Å². The molecule has 22 heavy (non-hydrogen) atoms. The predicted octanol–water partition coefficient (Wildman–Crippen LogP) is 3.07. The fourth-order valence-corrected chi connectivity index (χ4v) is 2.30. The Hall–Kier alpha value is -2.34. The lowest BCUT2D eigenvalue weighted by atomic mass is 10.1. The maximum atomic E-state index is 12.4. The largest absolute Gasteiger partial charge is 0.496 e. The van der Waals surface area contributed by atoms with Crippen LogP contribution in [0.1, 0.15) is 20.7 Å². The number of anilines is 1. The van der Waals surface area contributed by atoms with Crippen LogP contribution in [0.2, 0.25) is 0 Å². The van der Waals surface area contributed by atoms with Crippen molar-refractivity contribution in [2.45, 2.75) is 0 Å². The number of hydrogen-bond donors (Lipinski definition) is 2. The van der Waals surface area contributed by atoms with Gasteiger partial charge in [-0.25, -0.2) is 0 Å². The molecule has 0 fully saturated rings. The highest BCUT2D eigenvalue weighted by atomic mass is 79.9. The molecular formula is C16H15BrN2O3. The van der Waals surface area contributed by atoms with Crippen LogP contribution in [0.4, 0.5) is 5.69 Å². The van der Waals surface area contributed by atoms with Gasteiger partial charge in [-0.1, -0.05) is 22.0 Å². The second kappa shape index (κ2) is 7.09. The summed E-state index contributed by atoms with van der Waals surface area (Å²) in [6, 6.07) is 11.9. The Balaban J connectivity index is 2.26. The van der Waals surface area contributed by atoms with E-state index in [4.69, 9.17) is 4.74 Å². The first kappa shape index (κ1) is 16.0. The second-order valence-corrected chi connectivity index (χ2v) is 5.37. The summed E-state index contributed by atoms with van der Waals surface area (Å²) in [4.78, 5) is 24.0. The monoisotopic (exact) mass is 362 g/mol. The zero-order valence-corrected chi connectivity index (χ0v) is 13.7. The van der Waals surface area contributed by atoms with Crippen molar-refractivity contribution in [2.75, 3.05) is 19.5 Å². The molecule has 5 nitrogen and oxygen atoms in total. The molecule has 0 aliphatic carbocycles. The predicted molar refractivity (Wildman–Crippen MR) is 88.5 cm³/mol. The maximum absolute atomic E-state index is 12.4. The minimum Gasteiger partial charge on any atom is -0.496 e. The van der Waals surface area contributed by atoms with Crippen LogP contribution in [0.15, 0.2) is 46.9 Å². The Labute approximate surface area is 136 Å². The van der Waals surface area contributed by atoms with E-state index in [0.717, 1.165) is 4.47 Å². The van der Waals surface area contributed by atoms with Crippen molar-refractivity contribution in [1.82, 2.24) is 5.32 Å². The summed E-state index contributed by atoms with van der Waals surface area (Å²) >= 11 is 3.33. The number of benzene rings is 2. The van der Waals surface area contributed by atoms with Crippen molar-refractivity contribution in [3.63, 3.8) is 0 Å². The first-order valence-corrected chi connectivity index (χ1v) is 7.31. The van der Waals surface area contributed by atoms with Crippen LogP contribution in [0, 0.1) is 0 Å². The Morgan fingerprint density at radius 3 is 2.55 bits per heavy atom. The molecule has 0 spiro atoms. The number of halogens is 1. The first-order chi connectivity index (χ1) is 10.5. The van der Waals surface area contributed by atoms with E-state index >= 15 is 0 Å². The molecule has 0 unspecified atom stereocenters. The molecule has 0 aromatic heterocycles. The molecule has 0 aliphatic rings. The minimum absolute atomic E-state index is 0.212. The van der Waals surface area contributed by atoms with Gasteiger partial charge in [-0.15, -0.1) is 0 Å². The average Bonchev–Trinajstić information content (AvgIpc) is 2.54. The minimum atomic E-state index is -0.313. The van der Waals surface area contributed by atoms with Crippen LogP contribution in [-0.4, -0.2) is 26.0 Å². The Kier molecular flexibility index (Phi) is 5.16. The zero-order valence-electron chi connectivity index (χ0n) is 12.1. The number of nitrogens with one attached hydrogen (secondary N) is 2. The van der Waals surface area contributed by atoms with Gasteiger partial charge < -0.3 is 15.4 Å². The van der Waals surface area contributed by atoms with E-state index in [2.05, 4.69) is 26.6 Å². The molecule has 2 aromatic rings. The van der Waals surface area contributed by atoms with E-state index in [1.54, 1.807) is 49.5 Å². The fourth-order valence-electron chi connectivity index (χ4n) is 1.94. The third-order valence-corrected chi connectivity index (χ3v) is 3.51. The van der Waals surface area contributed by atoms with E-state index in [1.807, 2.05) is 0 Å². The van der Waals surface area contributed by atoms with Gasteiger partial charge in [0.1, 0.15) is 5.75 Å². The number of carbonyl (C=O) groups is 2. The maximum Gasteiger partial charge on any atom is 0.259 e. The van der Waals surface area contributed by atoms with Crippen molar-refractivity contribution in [3.05, 3.63) is 58.1 Å². The van der Waals surface area contributed by atoms with Crippen molar-refractivity contribution in [1.29, 1.82) is 0 Å². The summed E-state index contributed by atoms with van der Waals surface area (Å²) < 4.78 is 5.97. The molecule has 2 rings (SSSR count). The van der Waals surface area contributed by atoms with E-state index in [-0.39, 0.29) is 11.8 Å². The summed E-state index contributed by atoms with van der Waals surface area (Å²) in [6.45, 7) is 0. The van der Waals surface area contributed by atoms with Gasteiger partial charge in [-0.2, -0.15) is 0 Å². The molecule has 0 saturated heterocycles.